The molecule has 1 saturated carbocycles. The molecule has 0 radical (unpaired) electrons. The van der Waals surface area contributed by atoms with E-state index in [1.165, 1.54) is 0 Å². The second-order valence-electron chi connectivity index (χ2n) is 7.69. The Hall–Kier alpha value is -2.64. The number of likely N-dealkylation sites (tertiary alicyclic amines) is 1. The number of nitriles is 1. The lowest BCUT2D eigenvalue weighted by Crippen LogP contribution is -2.59. The highest BCUT2D eigenvalue weighted by Gasteiger charge is 2.50. The van der Waals surface area contributed by atoms with Gasteiger partial charge in [0.2, 0.25) is 0 Å². The van der Waals surface area contributed by atoms with Crippen LogP contribution in [0.25, 0.3) is 0 Å². The van der Waals surface area contributed by atoms with E-state index in [0.29, 0.717) is 24.1 Å². The van der Waals surface area contributed by atoms with Crippen molar-refractivity contribution in [3.63, 3.8) is 0 Å². The number of hydrogen-bond acceptors (Lipinski definition) is 3. The summed E-state index contributed by atoms with van der Waals surface area (Å²) in [6, 6.07) is 18.9. The van der Waals surface area contributed by atoms with Gasteiger partial charge in [0.25, 0.3) is 5.91 Å². The maximum atomic E-state index is 13.1. The number of benzene rings is 2. The molecule has 0 bridgehead atoms. The molecule has 2 aromatic carbocycles. The number of nitrogens with zero attached hydrogens (tertiary/aromatic N) is 2. The standard InChI is InChI=1S/C23H24N2O2/c24-16-17-7-6-10-19(15-17)23(27)13-14-25(21-12-5-4-11-20(21)23)22(26)18-8-2-1-3-9-18/h1-3,6-10,15,20-21,27H,4-5,11-14H2/t20-,21-,23?/m0/s1. The minimum atomic E-state index is -0.981. The summed E-state index contributed by atoms with van der Waals surface area (Å²) < 4.78 is 0. The Kier molecular flexibility index (Phi) is 4.72. The highest BCUT2D eigenvalue weighted by molar-refractivity contribution is 5.94. The number of aliphatic hydroxyl groups is 1. The third kappa shape index (κ3) is 3.13. The van der Waals surface area contributed by atoms with Crippen molar-refractivity contribution in [2.24, 2.45) is 5.92 Å². The fourth-order valence-corrected chi connectivity index (χ4v) is 4.90. The quantitative estimate of drug-likeness (QED) is 0.885. The van der Waals surface area contributed by atoms with Crippen LogP contribution in [0.1, 0.15) is 53.6 Å². The zero-order chi connectivity index (χ0) is 18.9. The molecule has 2 aliphatic rings. The van der Waals surface area contributed by atoms with Crippen LogP contribution in [0.2, 0.25) is 0 Å². The van der Waals surface area contributed by atoms with Crippen LogP contribution in [0, 0.1) is 17.2 Å². The molecule has 138 valence electrons. The molecule has 0 aromatic heterocycles. The lowest BCUT2D eigenvalue weighted by molar-refractivity contribution is -0.110. The lowest BCUT2D eigenvalue weighted by Gasteiger charge is -2.52. The largest absolute Gasteiger partial charge is 0.385 e. The normalized spacial score (nSPS) is 27.5. The van der Waals surface area contributed by atoms with Crippen LogP contribution in [-0.2, 0) is 5.60 Å². The number of fused-ring (bicyclic) bond motifs is 1. The molecule has 3 atom stereocenters. The molecular weight excluding hydrogens is 336 g/mol. The number of carbonyl (C=O) groups is 1. The molecule has 1 amide bonds. The molecule has 1 aliphatic carbocycles. The molecule has 1 aliphatic heterocycles. The number of rotatable bonds is 2. The molecular formula is C23H24N2O2. The van der Waals surface area contributed by atoms with E-state index < -0.39 is 5.60 Å². The minimum absolute atomic E-state index is 0.00149. The molecule has 1 N–H and O–H groups in total. The van der Waals surface area contributed by atoms with Gasteiger partial charge in [-0.2, -0.15) is 5.26 Å². The van der Waals surface area contributed by atoms with Gasteiger partial charge in [0.05, 0.1) is 17.2 Å². The fourth-order valence-electron chi connectivity index (χ4n) is 4.90. The lowest BCUT2D eigenvalue weighted by atomic mass is 9.66. The van der Waals surface area contributed by atoms with Crippen molar-refractivity contribution < 1.29 is 9.90 Å². The van der Waals surface area contributed by atoms with E-state index in [4.69, 9.17) is 0 Å². The number of hydrogen-bond donors (Lipinski definition) is 1. The summed E-state index contributed by atoms with van der Waals surface area (Å²) in [6.07, 6.45) is 4.46. The first-order valence-corrected chi connectivity index (χ1v) is 9.72. The Morgan fingerprint density at radius 2 is 1.89 bits per heavy atom. The summed E-state index contributed by atoms with van der Waals surface area (Å²) in [5.74, 6) is 0.0573. The van der Waals surface area contributed by atoms with E-state index in [2.05, 4.69) is 6.07 Å². The first kappa shape index (κ1) is 17.8. The van der Waals surface area contributed by atoms with Crippen molar-refractivity contribution >= 4 is 5.91 Å². The molecule has 4 rings (SSSR count). The van der Waals surface area contributed by atoms with Gasteiger partial charge in [-0.25, -0.2) is 0 Å². The fraction of sp³-hybridized carbons (Fsp3) is 0.391. The third-order valence-electron chi connectivity index (χ3n) is 6.25. The Labute approximate surface area is 160 Å². The van der Waals surface area contributed by atoms with Gasteiger partial charge in [0.15, 0.2) is 0 Å². The first-order valence-electron chi connectivity index (χ1n) is 9.72. The maximum absolute atomic E-state index is 13.1. The van der Waals surface area contributed by atoms with Crippen LogP contribution in [0.3, 0.4) is 0 Å². The minimum Gasteiger partial charge on any atom is -0.385 e. The van der Waals surface area contributed by atoms with E-state index >= 15 is 0 Å². The molecule has 4 nitrogen and oxygen atoms in total. The Bertz CT molecular complexity index is 873. The van der Waals surface area contributed by atoms with E-state index in [1.54, 1.807) is 12.1 Å². The number of carbonyl (C=O) groups excluding carboxylic acids is 1. The Balaban J connectivity index is 1.67. The summed E-state index contributed by atoms with van der Waals surface area (Å²) in [6.45, 7) is 0.530. The van der Waals surface area contributed by atoms with Crippen LogP contribution in [-0.4, -0.2) is 28.5 Å². The van der Waals surface area contributed by atoms with E-state index in [1.807, 2.05) is 47.4 Å². The van der Waals surface area contributed by atoms with E-state index in [9.17, 15) is 15.2 Å². The van der Waals surface area contributed by atoms with Crippen LogP contribution in [0.4, 0.5) is 0 Å². The molecule has 27 heavy (non-hydrogen) atoms. The second kappa shape index (κ2) is 7.17. The average molecular weight is 360 g/mol. The Morgan fingerprint density at radius 3 is 2.67 bits per heavy atom. The SMILES string of the molecule is N#Cc1cccc(C2(O)CCN(C(=O)c3ccccc3)[C@H]3CCCC[C@@H]32)c1. The summed E-state index contributed by atoms with van der Waals surface area (Å²) in [7, 11) is 0. The number of amides is 1. The van der Waals surface area contributed by atoms with Crippen molar-refractivity contribution in [2.45, 2.75) is 43.7 Å². The monoisotopic (exact) mass is 360 g/mol. The molecule has 1 unspecified atom stereocenters. The van der Waals surface area contributed by atoms with Crippen LogP contribution in [0.15, 0.2) is 54.6 Å². The van der Waals surface area contributed by atoms with E-state index in [0.717, 1.165) is 31.2 Å². The molecule has 1 heterocycles. The zero-order valence-corrected chi connectivity index (χ0v) is 15.3. The highest BCUT2D eigenvalue weighted by atomic mass is 16.3. The summed E-state index contributed by atoms with van der Waals surface area (Å²) >= 11 is 0. The summed E-state index contributed by atoms with van der Waals surface area (Å²) in [5, 5.41) is 20.9. The zero-order valence-electron chi connectivity index (χ0n) is 15.3. The van der Waals surface area contributed by atoms with Gasteiger partial charge < -0.3 is 10.0 Å². The van der Waals surface area contributed by atoms with Gasteiger partial charge in [-0.1, -0.05) is 43.2 Å². The van der Waals surface area contributed by atoms with Crippen LogP contribution >= 0.6 is 0 Å². The first-order chi connectivity index (χ1) is 13.1. The van der Waals surface area contributed by atoms with Crippen molar-refractivity contribution in [3.05, 3.63) is 71.3 Å². The third-order valence-corrected chi connectivity index (χ3v) is 6.25. The summed E-state index contributed by atoms with van der Waals surface area (Å²) in [5.41, 5.74) is 1.10. The molecule has 2 aromatic rings. The number of piperidine rings is 1. The molecule has 2 fully saturated rings. The van der Waals surface area contributed by atoms with Crippen molar-refractivity contribution in [2.75, 3.05) is 6.54 Å². The highest BCUT2D eigenvalue weighted by Crippen LogP contribution is 2.47. The topological polar surface area (TPSA) is 64.3 Å². The van der Waals surface area contributed by atoms with E-state index in [-0.39, 0.29) is 17.9 Å². The van der Waals surface area contributed by atoms with Gasteiger partial charge in [-0.15, -0.1) is 0 Å². The van der Waals surface area contributed by atoms with Crippen molar-refractivity contribution in [3.8, 4) is 6.07 Å². The van der Waals surface area contributed by atoms with Gasteiger partial charge >= 0.3 is 0 Å². The summed E-state index contributed by atoms with van der Waals surface area (Å²) in [4.78, 5) is 15.1. The van der Waals surface area contributed by atoms with Gasteiger partial charge in [0.1, 0.15) is 0 Å². The van der Waals surface area contributed by atoms with Gasteiger partial charge in [0, 0.05) is 24.1 Å². The van der Waals surface area contributed by atoms with Crippen molar-refractivity contribution in [1.82, 2.24) is 4.90 Å². The Morgan fingerprint density at radius 1 is 1.11 bits per heavy atom. The second-order valence-corrected chi connectivity index (χ2v) is 7.69. The van der Waals surface area contributed by atoms with Crippen molar-refractivity contribution in [1.29, 1.82) is 5.26 Å². The smallest absolute Gasteiger partial charge is 0.254 e. The van der Waals surface area contributed by atoms with Gasteiger partial charge in [-0.3, -0.25) is 4.79 Å². The predicted octanol–water partition coefficient (Wildman–Crippen LogP) is 3.85. The van der Waals surface area contributed by atoms with Crippen LogP contribution < -0.4 is 0 Å². The molecule has 4 heteroatoms. The van der Waals surface area contributed by atoms with Crippen LogP contribution in [0.5, 0.6) is 0 Å². The van der Waals surface area contributed by atoms with Gasteiger partial charge in [-0.05, 0) is 49.1 Å². The molecule has 0 spiro atoms. The maximum Gasteiger partial charge on any atom is 0.254 e. The predicted molar refractivity (Wildman–Crippen MR) is 103 cm³/mol. The average Bonchev–Trinajstić information content (AvgIpc) is 2.74. The molecule has 1 saturated heterocycles.